The van der Waals surface area contributed by atoms with Gasteiger partial charge >= 0.3 is 51.4 Å². The zero-order valence-electron chi connectivity index (χ0n) is 5.55. The van der Waals surface area contributed by atoms with Crippen molar-refractivity contribution in [2.75, 3.05) is 5.75 Å². The van der Waals surface area contributed by atoms with E-state index >= 15 is 0 Å². The second-order valence-electron chi connectivity index (χ2n) is 0.846. The van der Waals surface area contributed by atoms with Gasteiger partial charge in [-0.25, -0.2) is 0 Å². The maximum Gasteiger partial charge on any atom is 1.00 e. The van der Waals surface area contributed by atoms with Gasteiger partial charge in [0.1, 0.15) is 5.40 Å². The molecular formula is C3H5KN2OS. The first kappa shape index (κ1) is 11.7. The zero-order chi connectivity index (χ0) is 5.70. The van der Waals surface area contributed by atoms with Crippen LogP contribution in [-0.2, 0) is 4.79 Å². The number of carbonyl (C=O) groups is 1. The van der Waals surface area contributed by atoms with Gasteiger partial charge in [0, 0.05) is 0 Å². The molecule has 0 heterocycles. The largest absolute Gasteiger partial charge is 1.00 e. The summed E-state index contributed by atoms with van der Waals surface area (Å²) in [5.74, 6) is -0.359. The Balaban J connectivity index is -0.000000180. The van der Waals surface area contributed by atoms with E-state index < -0.39 is 5.91 Å². The van der Waals surface area contributed by atoms with Crippen LogP contribution in [0.25, 0.3) is 0 Å². The second-order valence-corrected chi connectivity index (χ2v) is 1.61. The van der Waals surface area contributed by atoms with Gasteiger partial charge in [0.15, 0.2) is 0 Å². The number of thiocyanates is 1. The number of amides is 1. The van der Waals surface area contributed by atoms with E-state index in [1.54, 1.807) is 5.40 Å². The van der Waals surface area contributed by atoms with Crippen molar-refractivity contribution in [3.05, 3.63) is 0 Å². The molecule has 3 nitrogen and oxygen atoms in total. The number of carbonyl (C=O) groups excluding carboxylic acids is 1. The maximum atomic E-state index is 9.81. The summed E-state index contributed by atoms with van der Waals surface area (Å²) >= 11 is 0.847. The first-order valence-corrected chi connectivity index (χ1v) is 2.55. The van der Waals surface area contributed by atoms with Crippen LogP contribution >= 0.6 is 11.8 Å². The molecule has 40 valence electrons. The van der Waals surface area contributed by atoms with Crippen LogP contribution in [0.4, 0.5) is 0 Å². The molecule has 0 aromatic heterocycles. The summed E-state index contributed by atoms with van der Waals surface area (Å²) in [6.45, 7) is 0. The number of hydrogen-bond donors (Lipinski definition) is 1. The maximum absolute atomic E-state index is 9.81. The van der Waals surface area contributed by atoms with Gasteiger partial charge in [-0.1, -0.05) is 0 Å². The van der Waals surface area contributed by atoms with E-state index in [9.17, 15) is 4.79 Å². The van der Waals surface area contributed by atoms with Crippen molar-refractivity contribution >= 4 is 17.7 Å². The summed E-state index contributed by atoms with van der Waals surface area (Å²) in [6.07, 6.45) is 0. The van der Waals surface area contributed by atoms with E-state index in [2.05, 4.69) is 5.73 Å². The van der Waals surface area contributed by atoms with Crippen molar-refractivity contribution < 1.29 is 57.6 Å². The monoisotopic (exact) mass is 156 g/mol. The molecule has 0 bridgehead atoms. The SMILES string of the molecule is N#CSCC(N)=O.[H-].[K+]. The van der Waals surface area contributed by atoms with Crippen LogP contribution in [-0.4, -0.2) is 11.7 Å². The van der Waals surface area contributed by atoms with Crippen LogP contribution in [0.2, 0.25) is 0 Å². The minimum absolute atomic E-state index is 0. The molecule has 0 spiro atoms. The van der Waals surface area contributed by atoms with Crippen LogP contribution in [0, 0.1) is 10.7 Å². The summed E-state index contributed by atoms with van der Waals surface area (Å²) in [5.41, 5.74) is 4.67. The van der Waals surface area contributed by atoms with Crippen molar-refractivity contribution in [3.63, 3.8) is 0 Å². The molecular weight excluding hydrogens is 151 g/mol. The molecule has 0 aromatic rings. The van der Waals surface area contributed by atoms with Gasteiger partial charge in [-0.3, -0.25) is 4.79 Å². The summed E-state index contributed by atoms with van der Waals surface area (Å²) < 4.78 is 0. The van der Waals surface area contributed by atoms with Gasteiger partial charge in [-0.15, -0.1) is 0 Å². The average molecular weight is 156 g/mol. The van der Waals surface area contributed by atoms with Gasteiger partial charge in [0.05, 0.1) is 5.75 Å². The number of hydrogen-bond acceptors (Lipinski definition) is 3. The third-order valence-corrected chi connectivity index (χ3v) is 0.837. The smallest absolute Gasteiger partial charge is 1.00 e. The van der Waals surface area contributed by atoms with Crippen LogP contribution in [0.1, 0.15) is 1.43 Å². The second kappa shape index (κ2) is 7.95. The number of nitriles is 1. The van der Waals surface area contributed by atoms with Gasteiger partial charge in [-0.2, -0.15) is 5.26 Å². The third-order valence-electron chi connectivity index (χ3n) is 0.279. The zero-order valence-corrected chi connectivity index (χ0v) is 8.49. The Hall–Kier alpha value is 0.946. The van der Waals surface area contributed by atoms with E-state index in [-0.39, 0.29) is 58.6 Å². The molecule has 0 rings (SSSR count). The fraction of sp³-hybridized carbons (Fsp3) is 0.333. The standard InChI is InChI=1S/C3H4N2OS.K.H/c4-2-7-1-3(5)6;;/h1H2,(H2,5,6);;/q;+1;-1. The van der Waals surface area contributed by atoms with E-state index in [1.807, 2.05) is 0 Å². The molecule has 0 unspecified atom stereocenters. The Morgan fingerprint density at radius 3 is 2.62 bits per heavy atom. The Bertz CT molecular complexity index is 115. The molecule has 0 aliphatic rings. The van der Waals surface area contributed by atoms with Crippen molar-refractivity contribution in [3.8, 4) is 5.40 Å². The van der Waals surface area contributed by atoms with Crippen LogP contribution < -0.4 is 57.1 Å². The van der Waals surface area contributed by atoms with Crippen molar-refractivity contribution in [2.24, 2.45) is 5.73 Å². The van der Waals surface area contributed by atoms with Crippen molar-refractivity contribution in [2.45, 2.75) is 0 Å². The average Bonchev–Trinajstić information content (AvgIpc) is 1.61. The van der Waals surface area contributed by atoms with Gasteiger partial charge in [0.2, 0.25) is 5.91 Å². The number of nitrogens with two attached hydrogens (primary N) is 1. The Morgan fingerprint density at radius 2 is 2.50 bits per heavy atom. The van der Waals surface area contributed by atoms with Gasteiger partial charge in [-0.05, 0) is 11.8 Å². The summed E-state index contributed by atoms with van der Waals surface area (Å²) in [7, 11) is 0. The predicted molar refractivity (Wildman–Crippen MR) is 28.4 cm³/mol. The fourth-order valence-electron chi connectivity index (χ4n) is 0.103. The van der Waals surface area contributed by atoms with E-state index in [4.69, 9.17) is 5.26 Å². The molecule has 0 aromatic carbocycles. The molecule has 0 aliphatic heterocycles. The normalized spacial score (nSPS) is 6.38. The third kappa shape index (κ3) is 10.0. The first-order chi connectivity index (χ1) is 3.27. The number of thioether (sulfide) groups is 1. The Kier molecular flexibility index (Phi) is 11.6. The van der Waals surface area contributed by atoms with E-state index in [0.717, 1.165) is 11.8 Å². The quantitative estimate of drug-likeness (QED) is 0.338. The van der Waals surface area contributed by atoms with Gasteiger partial charge in [0.25, 0.3) is 0 Å². The minimum Gasteiger partial charge on any atom is -1.00 e. The van der Waals surface area contributed by atoms with Crippen LogP contribution in [0.5, 0.6) is 0 Å². The van der Waals surface area contributed by atoms with Crippen molar-refractivity contribution in [1.29, 1.82) is 5.26 Å². The van der Waals surface area contributed by atoms with Crippen LogP contribution in [0.3, 0.4) is 0 Å². The molecule has 5 heteroatoms. The first-order valence-electron chi connectivity index (χ1n) is 1.56. The van der Waals surface area contributed by atoms with Crippen molar-refractivity contribution in [1.82, 2.24) is 0 Å². The van der Waals surface area contributed by atoms with E-state index in [0.29, 0.717) is 0 Å². The molecule has 0 aliphatic carbocycles. The predicted octanol–water partition coefficient (Wildman–Crippen LogP) is -3.20. The molecule has 0 radical (unpaired) electrons. The molecule has 0 saturated carbocycles. The number of rotatable bonds is 2. The number of primary amides is 1. The van der Waals surface area contributed by atoms with Crippen LogP contribution in [0.15, 0.2) is 0 Å². The molecule has 8 heavy (non-hydrogen) atoms. The Labute approximate surface area is 95.9 Å². The summed E-state index contributed by atoms with van der Waals surface area (Å²) in [6, 6.07) is 0. The summed E-state index contributed by atoms with van der Waals surface area (Å²) in [5, 5.41) is 9.54. The van der Waals surface area contributed by atoms with E-state index in [1.165, 1.54) is 0 Å². The van der Waals surface area contributed by atoms with Gasteiger partial charge < -0.3 is 7.16 Å². The fourth-order valence-corrected chi connectivity index (χ4v) is 0.310. The summed E-state index contributed by atoms with van der Waals surface area (Å²) in [4.78, 5) is 9.81. The topological polar surface area (TPSA) is 66.9 Å². The molecule has 1 amide bonds. The minimum atomic E-state index is -0.452. The number of nitrogens with zero attached hydrogens (tertiary/aromatic N) is 1. The molecule has 0 atom stereocenters. The Morgan fingerprint density at radius 1 is 2.00 bits per heavy atom. The molecule has 2 N–H and O–H groups in total. The molecule has 0 fully saturated rings. The molecule has 0 saturated heterocycles.